The zero-order valence-corrected chi connectivity index (χ0v) is 8.70. The van der Waals surface area contributed by atoms with Gasteiger partial charge < -0.3 is 9.82 Å². The Morgan fingerprint density at radius 2 is 2.18 bits per heavy atom. The summed E-state index contributed by atoms with van der Waals surface area (Å²) in [5.74, 6) is -0.484. The molecule has 0 aliphatic carbocycles. The number of benzene rings is 1. The van der Waals surface area contributed by atoms with Crippen LogP contribution in [-0.2, 0) is 0 Å². The normalized spacial score (nSPS) is 10.6. The van der Waals surface area contributed by atoms with Gasteiger partial charge in [-0.05, 0) is 23.4 Å². The summed E-state index contributed by atoms with van der Waals surface area (Å²) < 4.78 is 0. The Labute approximate surface area is 95.8 Å². The molecule has 6 heteroatoms. The summed E-state index contributed by atoms with van der Waals surface area (Å²) in [5.41, 5.74) is 1.76. The Morgan fingerprint density at radius 3 is 3.00 bits per heavy atom. The molecule has 0 bridgehead atoms. The highest BCUT2D eigenvalue weighted by Gasteiger charge is 2.11. The van der Waals surface area contributed by atoms with E-state index in [4.69, 9.17) is 4.84 Å². The third-order valence-electron chi connectivity index (χ3n) is 2.32. The average molecular weight is 228 g/mol. The maximum Gasteiger partial charge on any atom is 0.367 e. The first kappa shape index (κ1) is 9.59. The minimum absolute atomic E-state index is 0.435. The van der Waals surface area contributed by atoms with Gasteiger partial charge >= 0.3 is 5.97 Å². The Bertz CT molecular complexity index is 657. The molecule has 0 saturated heterocycles. The van der Waals surface area contributed by atoms with Gasteiger partial charge in [-0.25, -0.2) is 4.79 Å². The number of hydrogen-bond acceptors (Lipinski definition) is 4. The monoisotopic (exact) mass is 228 g/mol. The first-order valence-electron chi connectivity index (χ1n) is 5.00. The van der Waals surface area contributed by atoms with E-state index in [0.717, 1.165) is 4.85 Å². The van der Waals surface area contributed by atoms with E-state index in [-0.39, 0.29) is 0 Å². The molecule has 84 valence electrons. The third-order valence-corrected chi connectivity index (χ3v) is 2.32. The summed E-state index contributed by atoms with van der Waals surface area (Å²) in [6.45, 7) is 0. The molecule has 0 saturated carbocycles. The summed E-state index contributed by atoms with van der Waals surface area (Å²) in [6.07, 6.45) is 3.21. The van der Waals surface area contributed by atoms with Crippen LogP contribution in [0.5, 0.6) is 0 Å². The van der Waals surface area contributed by atoms with Crippen LogP contribution in [0.1, 0.15) is 10.4 Å². The zero-order valence-electron chi connectivity index (χ0n) is 8.70. The van der Waals surface area contributed by atoms with Gasteiger partial charge in [-0.1, -0.05) is 17.0 Å². The number of fused-ring (bicyclic) bond motifs is 1. The van der Waals surface area contributed by atoms with Gasteiger partial charge in [-0.2, -0.15) is 0 Å². The standard InChI is InChI=1S/C11H8N4O2/c16-11(8-5-6-12-7-8)17-15-10-4-2-1-3-9(10)13-14-15/h1-7,12H. The molecule has 0 aliphatic heterocycles. The van der Waals surface area contributed by atoms with Crippen LogP contribution >= 0.6 is 0 Å². The average Bonchev–Trinajstić information content (AvgIpc) is 2.98. The van der Waals surface area contributed by atoms with Crippen molar-refractivity contribution in [1.82, 2.24) is 20.1 Å². The van der Waals surface area contributed by atoms with Crippen LogP contribution < -0.4 is 4.84 Å². The largest absolute Gasteiger partial charge is 0.367 e. The van der Waals surface area contributed by atoms with Crippen molar-refractivity contribution in [3.05, 3.63) is 48.3 Å². The lowest BCUT2D eigenvalue weighted by molar-refractivity contribution is 0.0409. The number of H-pyrrole nitrogens is 1. The Morgan fingerprint density at radius 1 is 1.29 bits per heavy atom. The number of para-hydroxylation sites is 1. The summed E-state index contributed by atoms with van der Waals surface area (Å²) >= 11 is 0. The molecule has 3 rings (SSSR count). The van der Waals surface area contributed by atoms with E-state index in [9.17, 15) is 4.79 Å². The molecule has 6 nitrogen and oxygen atoms in total. The topological polar surface area (TPSA) is 72.8 Å². The lowest BCUT2D eigenvalue weighted by Gasteiger charge is -2.00. The molecule has 2 aromatic heterocycles. The lowest BCUT2D eigenvalue weighted by Crippen LogP contribution is -2.20. The van der Waals surface area contributed by atoms with E-state index in [1.807, 2.05) is 12.1 Å². The highest BCUT2D eigenvalue weighted by atomic mass is 16.7. The van der Waals surface area contributed by atoms with Crippen molar-refractivity contribution in [3.63, 3.8) is 0 Å². The fraction of sp³-hybridized carbons (Fsp3) is 0. The van der Waals surface area contributed by atoms with Crippen molar-refractivity contribution in [1.29, 1.82) is 0 Å². The van der Waals surface area contributed by atoms with E-state index in [1.54, 1.807) is 30.6 Å². The first-order chi connectivity index (χ1) is 8.34. The molecule has 0 atom stereocenters. The fourth-order valence-corrected chi connectivity index (χ4v) is 1.50. The molecule has 1 N–H and O–H groups in total. The predicted octanol–water partition coefficient (Wildman–Crippen LogP) is 1.03. The molecule has 0 aliphatic rings. The number of carbonyl (C=O) groups is 1. The number of carbonyl (C=O) groups excluding carboxylic acids is 1. The smallest absolute Gasteiger partial charge is 0.367 e. The second-order valence-corrected chi connectivity index (χ2v) is 3.43. The first-order valence-corrected chi connectivity index (χ1v) is 5.00. The summed E-state index contributed by atoms with van der Waals surface area (Å²) in [7, 11) is 0. The van der Waals surface area contributed by atoms with Crippen LogP contribution in [0.3, 0.4) is 0 Å². The Balaban J connectivity index is 1.93. The predicted molar refractivity (Wildman–Crippen MR) is 59.2 cm³/mol. The molecule has 0 radical (unpaired) electrons. The second-order valence-electron chi connectivity index (χ2n) is 3.43. The number of nitrogens with one attached hydrogen (secondary N) is 1. The van der Waals surface area contributed by atoms with Crippen LogP contribution in [0.25, 0.3) is 11.0 Å². The highest BCUT2D eigenvalue weighted by molar-refractivity contribution is 5.89. The third kappa shape index (κ3) is 1.65. The van der Waals surface area contributed by atoms with E-state index < -0.39 is 5.97 Å². The fourth-order valence-electron chi connectivity index (χ4n) is 1.50. The van der Waals surface area contributed by atoms with Crippen molar-refractivity contribution in [3.8, 4) is 0 Å². The van der Waals surface area contributed by atoms with Crippen LogP contribution in [0.2, 0.25) is 0 Å². The van der Waals surface area contributed by atoms with Gasteiger partial charge in [0.2, 0.25) is 0 Å². The van der Waals surface area contributed by atoms with Gasteiger partial charge in [0.25, 0.3) is 0 Å². The van der Waals surface area contributed by atoms with Crippen molar-refractivity contribution < 1.29 is 9.63 Å². The van der Waals surface area contributed by atoms with Crippen molar-refractivity contribution >= 4 is 17.0 Å². The maximum absolute atomic E-state index is 11.7. The number of rotatable bonds is 2. The highest BCUT2D eigenvalue weighted by Crippen LogP contribution is 2.08. The summed E-state index contributed by atoms with van der Waals surface area (Å²) in [5, 5.41) is 7.64. The SMILES string of the molecule is O=C(On1nnc2ccccc21)c1cc[nH]c1. The van der Waals surface area contributed by atoms with Crippen LogP contribution in [0, 0.1) is 0 Å². The quantitative estimate of drug-likeness (QED) is 0.665. The molecule has 0 unspecified atom stereocenters. The maximum atomic E-state index is 11.7. The zero-order chi connectivity index (χ0) is 11.7. The minimum Gasteiger partial charge on any atom is -0.367 e. The van der Waals surface area contributed by atoms with E-state index in [2.05, 4.69) is 15.3 Å². The van der Waals surface area contributed by atoms with Crippen molar-refractivity contribution in [2.24, 2.45) is 0 Å². The molecule has 17 heavy (non-hydrogen) atoms. The van der Waals surface area contributed by atoms with E-state index in [0.29, 0.717) is 16.6 Å². The Hall–Kier alpha value is -2.63. The van der Waals surface area contributed by atoms with Gasteiger partial charge in [0.05, 0.1) is 5.56 Å². The van der Waals surface area contributed by atoms with Crippen LogP contribution in [0.4, 0.5) is 0 Å². The van der Waals surface area contributed by atoms with Gasteiger partial charge in [0.1, 0.15) is 11.0 Å². The molecule has 2 heterocycles. The lowest BCUT2D eigenvalue weighted by atomic mass is 10.3. The Kier molecular flexibility index (Phi) is 2.11. The molecular formula is C11H8N4O2. The summed E-state index contributed by atoms with van der Waals surface area (Å²) in [6, 6.07) is 8.87. The number of hydrogen-bond donors (Lipinski definition) is 1. The van der Waals surface area contributed by atoms with Gasteiger partial charge in [-0.15, -0.1) is 5.10 Å². The molecule has 1 aromatic carbocycles. The van der Waals surface area contributed by atoms with Gasteiger partial charge in [0.15, 0.2) is 0 Å². The number of aromatic amines is 1. The van der Waals surface area contributed by atoms with Gasteiger partial charge in [0, 0.05) is 12.4 Å². The minimum atomic E-state index is -0.484. The molecule has 0 amide bonds. The van der Waals surface area contributed by atoms with Crippen molar-refractivity contribution in [2.45, 2.75) is 0 Å². The van der Waals surface area contributed by atoms with Gasteiger partial charge in [-0.3, -0.25) is 0 Å². The van der Waals surface area contributed by atoms with Crippen LogP contribution in [0.15, 0.2) is 42.7 Å². The number of nitrogens with zero attached hydrogens (tertiary/aromatic N) is 3. The van der Waals surface area contributed by atoms with Crippen molar-refractivity contribution in [2.75, 3.05) is 0 Å². The molecule has 0 spiro atoms. The van der Waals surface area contributed by atoms with E-state index in [1.165, 1.54) is 0 Å². The molecular weight excluding hydrogens is 220 g/mol. The summed E-state index contributed by atoms with van der Waals surface area (Å²) in [4.78, 5) is 20.7. The molecule has 0 fully saturated rings. The second kappa shape index (κ2) is 3.75. The van der Waals surface area contributed by atoms with E-state index >= 15 is 0 Å². The number of aromatic nitrogens is 4. The van der Waals surface area contributed by atoms with Crippen LogP contribution in [-0.4, -0.2) is 26.1 Å². The molecule has 3 aromatic rings.